The summed E-state index contributed by atoms with van der Waals surface area (Å²) in [5.41, 5.74) is 3.19. The van der Waals surface area contributed by atoms with Gasteiger partial charge >= 0.3 is 0 Å². The number of aromatic nitrogens is 2. The highest BCUT2D eigenvalue weighted by Crippen LogP contribution is 2.32. The zero-order valence-corrected chi connectivity index (χ0v) is 13.5. The molecule has 0 N–H and O–H groups in total. The lowest BCUT2D eigenvalue weighted by molar-refractivity contribution is 0.302. The molecule has 20 heavy (non-hydrogen) atoms. The van der Waals surface area contributed by atoms with E-state index in [1.165, 1.54) is 19.3 Å². The molecule has 0 unspecified atom stereocenters. The van der Waals surface area contributed by atoms with Crippen LogP contribution in [0.15, 0.2) is 28.7 Å². The van der Waals surface area contributed by atoms with E-state index in [9.17, 15) is 0 Å². The van der Waals surface area contributed by atoms with Crippen molar-refractivity contribution >= 4 is 15.9 Å². The van der Waals surface area contributed by atoms with Gasteiger partial charge in [0.2, 0.25) is 0 Å². The lowest BCUT2D eigenvalue weighted by Gasteiger charge is -2.10. The van der Waals surface area contributed by atoms with Gasteiger partial charge in [0.1, 0.15) is 5.75 Å². The molecule has 0 amide bonds. The first-order valence-electron chi connectivity index (χ1n) is 7.09. The molecule has 1 aromatic heterocycles. The Bertz CT molecular complexity index is 617. The van der Waals surface area contributed by atoms with Gasteiger partial charge in [0.15, 0.2) is 0 Å². The van der Waals surface area contributed by atoms with E-state index in [1.54, 1.807) is 0 Å². The average Bonchev–Trinajstić information content (AvgIpc) is 3.13. The first kappa shape index (κ1) is 13.7. The fourth-order valence-corrected chi connectivity index (χ4v) is 2.85. The minimum Gasteiger partial charge on any atom is -0.493 e. The number of hydrogen-bond donors (Lipinski definition) is 0. The SMILES string of the molecule is Cc1cc(C)n(-c2cc(Br)cc(OCCC3CC3)c2)n1. The van der Waals surface area contributed by atoms with Gasteiger partial charge in [-0.1, -0.05) is 28.8 Å². The molecule has 2 aromatic rings. The Morgan fingerprint density at radius 3 is 2.70 bits per heavy atom. The maximum absolute atomic E-state index is 5.88. The number of aryl methyl sites for hydroxylation is 2. The predicted molar refractivity (Wildman–Crippen MR) is 83.6 cm³/mol. The van der Waals surface area contributed by atoms with Crippen LogP contribution in [0, 0.1) is 19.8 Å². The number of hydrogen-bond acceptors (Lipinski definition) is 2. The number of ether oxygens (including phenoxy) is 1. The van der Waals surface area contributed by atoms with Crippen LogP contribution in [0.4, 0.5) is 0 Å². The molecule has 1 fully saturated rings. The van der Waals surface area contributed by atoms with Crippen LogP contribution in [-0.2, 0) is 0 Å². The summed E-state index contributed by atoms with van der Waals surface area (Å²) >= 11 is 3.55. The molecule has 0 spiro atoms. The van der Waals surface area contributed by atoms with Crippen molar-refractivity contribution in [2.24, 2.45) is 5.92 Å². The van der Waals surface area contributed by atoms with E-state index >= 15 is 0 Å². The Balaban J connectivity index is 1.79. The Morgan fingerprint density at radius 1 is 1.25 bits per heavy atom. The topological polar surface area (TPSA) is 27.1 Å². The largest absolute Gasteiger partial charge is 0.493 e. The smallest absolute Gasteiger partial charge is 0.122 e. The maximum Gasteiger partial charge on any atom is 0.122 e. The van der Waals surface area contributed by atoms with Crippen molar-refractivity contribution in [1.82, 2.24) is 9.78 Å². The molecule has 106 valence electrons. The summed E-state index contributed by atoms with van der Waals surface area (Å²) in [5, 5.41) is 4.52. The molecule has 0 saturated heterocycles. The van der Waals surface area contributed by atoms with Crippen LogP contribution >= 0.6 is 15.9 Å². The molecule has 3 nitrogen and oxygen atoms in total. The van der Waals surface area contributed by atoms with Gasteiger partial charge in [-0.25, -0.2) is 4.68 Å². The number of benzene rings is 1. The Hall–Kier alpha value is -1.29. The van der Waals surface area contributed by atoms with Gasteiger partial charge in [0.05, 0.1) is 18.0 Å². The van der Waals surface area contributed by atoms with Crippen LogP contribution in [0.2, 0.25) is 0 Å². The van der Waals surface area contributed by atoms with E-state index in [-0.39, 0.29) is 0 Å². The molecule has 4 heteroatoms. The second-order valence-electron chi connectivity index (χ2n) is 5.56. The third kappa shape index (κ3) is 3.23. The van der Waals surface area contributed by atoms with Crippen molar-refractivity contribution in [3.63, 3.8) is 0 Å². The average molecular weight is 335 g/mol. The lowest BCUT2D eigenvalue weighted by Crippen LogP contribution is -2.02. The molecule has 3 rings (SSSR count). The standard InChI is InChI=1S/C16H19BrN2O/c1-11-7-12(2)19(18-11)15-8-14(17)9-16(10-15)20-6-5-13-3-4-13/h7-10,13H,3-6H2,1-2H3. The van der Waals surface area contributed by atoms with Crippen molar-refractivity contribution in [2.45, 2.75) is 33.1 Å². The van der Waals surface area contributed by atoms with Crippen molar-refractivity contribution in [3.05, 3.63) is 40.1 Å². The van der Waals surface area contributed by atoms with E-state index in [2.05, 4.69) is 46.2 Å². The van der Waals surface area contributed by atoms with Crippen molar-refractivity contribution in [2.75, 3.05) is 6.61 Å². The van der Waals surface area contributed by atoms with Crippen LogP contribution in [0.5, 0.6) is 5.75 Å². The number of nitrogens with zero attached hydrogens (tertiary/aromatic N) is 2. The normalized spacial score (nSPS) is 14.6. The van der Waals surface area contributed by atoms with Gasteiger partial charge < -0.3 is 4.74 Å². The highest BCUT2D eigenvalue weighted by Gasteiger charge is 2.20. The van der Waals surface area contributed by atoms with Crippen LogP contribution < -0.4 is 4.74 Å². The fraction of sp³-hybridized carbons (Fsp3) is 0.438. The molecule has 1 saturated carbocycles. The molecule has 0 atom stereocenters. The molecule has 1 aliphatic carbocycles. The quantitative estimate of drug-likeness (QED) is 0.808. The van der Waals surface area contributed by atoms with E-state index in [1.807, 2.05) is 17.7 Å². The molecule has 0 aliphatic heterocycles. The van der Waals surface area contributed by atoms with E-state index < -0.39 is 0 Å². The minimum absolute atomic E-state index is 0.803. The van der Waals surface area contributed by atoms with Crippen molar-refractivity contribution < 1.29 is 4.74 Å². The summed E-state index contributed by atoms with van der Waals surface area (Å²) in [6.45, 7) is 4.88. The van der Waals surface area contributed by atoms with E-state index in [0.717, 1.165) is 39.8 Å². The minimum atomic E-state index is 0.803. The zero-order valence-electron chi connectivity index (χ0n) is 11.9. The van der Waals surface area contributed by atoms with Gasteiger partial charge in [-0.3, -0.25) is 0 Å². The molecule has 1 heterocycles. The molecule has 0 radical (unpaired) electrons. The number of halogens is 1. The molecule has 0 bridgehead atoms. The van der Waals surface area contributed by atoms with Crippen LogP contribution in [0.1, 0.15) is 30.7 Å². The summed E-state index contributed by atoms with van der Waals surface area (Å²) in [7, 11) is 0. The van der Waals surface area contributed by atoms with Gasteiger partial charge in [-0.15, -0.1) is 0 Å². The van der Waals surface area contributed by atoms with Crippen LogP contribution in [0.3, 0.4) is 0 Å². The Morgan fingerprint density at radius 2 is 2.05 bits per heavy atom. The van der Waals surface area contributed by atoms with Gasteiger partial charge in [0.25, 0.3) is 0 Å². The summed E-state index contributed by atoms with van der Waals surface area (Å²) in [4.78, 5) is 0. The monoisotopic (exact) mass is 334 g/mol. The Labute approximate surface area is 128 Å². The summed E-state index contributed by atoms with van der Waals surface area (Å²) in [6, 6.07) is 8.21. The second kappa shape index (κ2) is 5.60. The highest BCUT2D eigenvalue weighted by molar-refractivity contribution is 9.10. The van der Waals surface area contributed by atoms with Crippen molar-refractivity contribution in [3.8, 4) is 11.4 Å². The third-order valence-electron chi connectivity index (χ3n) is 3.60. The van der Waals surface area contributed by atoms with E-state index in [0.29, 0.717) is 0 Å². The van der Waals surface area contributed by atoms with E-state index in [4.69, 9.17) is 4.74 Å². The molecular formula is C16H19BrN2O. The molecule has 1 aliphatic rings. The van der Waals surface area contributed by atoms with Gasteiger partial charge in [-0.05, 0) is 44.4 Å². The molecular weight excluding hydrogens is 316 g/mol. The third-order valence-corrected chi connectivity index (χ3v) is 4.06. The van der Waals surface area contributed by atoms with Gasteiger partial charge in [-0.2, -0.15) is 5.10 Å². The lowest BCUT2D eigenvalue weighted by atomic mass is 10.3. The first-order chi connectivity index (χ1) is 9.61. The van der Waals surface area contributed by atoms with Gasteiger partial charge in [0, 0.05) is 16.2 Å². The Kier molecular flexibility index (Phi) is 3.83. The summed E-state index contributed by atoms with van der Waals surface area (Å²) in [6.07, 6.45) is 3.92. The summed E-state index contributed by atoms with van der Waals surface area (Å²) < 4.78 is 8.85. The fourth-order valence-electron chi connectivity index (χ4n) is 2.39. The number of rotatable bonds is 5. The van der Waals surface area contributed by atoms with Crippen LogP contribution in [0.25, 0.3) is 5.69 Å². The first-order valence-corrected chi connectivity index (χ1v) is 7.88. The predicted octanol–water partition coefficient (Wildman–Crippen LogP) is 4.43. The molecule has 1 aromatic carbocycles. The highest BCUT2D eigenvalue weighted by atomic mass is 79.9. The second-order valence-corrected chi connectivity index (χ2v) is 6.48. The zero-order chi connectivity index (χ0) is 14.1. The van der Waals surface area contributed by atoms with Crippen LogP contribution in [-0.4, -0.2) is 16.4 Å². The van der Waals surface area contributed by atoms with Crippen molar-refractivity contribution in [1.29, 1.82) is 0 Å². The summed E-state index contributed by atoms with van der Waals surface area (Å²) in [5.74, 6) is 1.81. The maximum atomic E-state index is 5.88.